The van der Waals surface area contributed by atoms with Crippen LogP contribution in [0.5, 0.6) is 0 Å². The standard InChI is InChI=1S/C20H14ClF5N2O2/c1-9-15(22)6-12(7-16(9)23)10(2)27-18(29)17-8-30-19(28-17)11-3-4-14(21)13(5-11)20(24,25)26/h3-8,10H,1-2H3,(H,27,29)/t10-/m1/s1. The van der Waals surface area contributed by atoms with Crippen LogP contribution in [0.2, 0.25) is 5.02 Å². The van der Waals surface area contributed by atoms with Gasteiger partial charge >= 0.3 is 6.18 Å². The molecular formula is C20H14ClF5N2O2. The average Bonchev–Trinajstić information content (AvgIpc) is 3.15. The number of carbonyl (C=O) groups is 1. The molecule has 3 aromatic rings. The number of halogens is 6. The number of benzene rings is 2. The number of aromatic nitrogens is 1. The minimum absolute atomic E-state index is 0.0264. The summed E-state index contributed by atoms with van der Waals surface area (Å²) in [6.07, 6.45) is -3.70. The molecule has 0 aliphatic rings. The zero-order valence-electron chi connectivity index (χ0n) is 15.6. The Labute approximate surface area is 172 Å². The second-order valence-electron chi connectivity index (χ2n) is 6.53. The van der Waals surface area contributed by atoms with Crippen molar-refractivity contribution in [3.05, 3.63) is 75.6 Å². The van der Waals surface area contributed by atoms with Gasteiger partial charge < -0.3 is 9.73 Å². The number of hydrogen-bond acceptors (Lipinski definition) is 3. The van der Waals surface area contributed by atoms with E-state index in [4.69, 9.17) is 16.0 Å². The lowest BCUT2D eigenvalue weighted by Crippen LogP contribution is -2.27. The summed E-state index contributed by atoms with van der Waals surface area (Å²) in [6, 6.07) is 4.51. The molecule has 0 aliphatic carbocycles. The smallest absolute Gasteiger partial charge is 0.417 e. The summed E-state index contributed by atoms with van der Waals surface area (Å²) < 4.78 is 71.6. The zero-order valence-corrected chi connectivity index (χ0v) is 16.3. The first-order chi connectivity index (χ1) is 14.0. The molecule has 0 saturated carbocycles. The highest BCUT2D eigenvalue weighted by molar-refractivity contribution is 6.31. The topological polar surface area (TPSA) is 55.1 Å². The predicted octanol–water partition coefficient (Wildman–Crippen LogP) is 6.09. The first-order valence-electron chi connectivity index (χ1n) is 8.56. The second-order valence-corrected chi connectivity index (χ2v) is 6.94. The van der Waals surface area contributed by atoms with Crippen LogP contribution in [-0.2, 0) is 6.18 Å². The van der Waals surface area contributed by atoms with Crippen LogP contribution in [0.25, 0.3) is 11.5 Å². The highest BCUT2D eigenvalue weighted by Crippen LogP contribution is 2.37. The fraction of sp³-hybridized carbons (Fsp3) is 0.200. The van der Waals surface area contributed by atoms with E-state index in [1.54, 1.807) is 0 Å². The fourth-order valence-electron chi connectivity index (χ4n) is 2.65. The van der Waals surface area contributed by atoms with Gasteiger partial charge in [-0.25, -0.2) is 13.8 Å². The summed E-state index contributed by atoms with van der Waals surface area (Å²) in [5.41, 5.74) is -1.25. The number of oxazole rings is 1. The van der Waals surface area contributed by atoms with Crippen molar-refractivity contribution in [2.24, 2.45) is 0 Å². The highest BCUT2D eigenvalue weighted by Gasteiger charge is 2.33. The van der Waals surface area contributed by atoms with Crippen LogP contribution in [0.4, 0.5) is 22.0 Å². The summed E-state index contributed by atoms with van der Waals surface area (Å²) in [5.74, 6) is -2.46. The lowest BCUT2D eigenvalue weighted by Gasteiger charge is -2.14. The molecule has 2 aromatic carbocycles. The van der Waals surface area contributed by atoms with Gasteiger partial charge in [0, 0.05) is 11.1 Å². The molecule has 10 heteroatoms. The van der Waals surface area contributed by atoms with E-state index in [0.717, 1.165) is 30.5 Å². The number of rotatable bonds is 4. The Kier molecular flexibility index (Phi) is 5.85. The van der Waals surface area contributed by atoms with Gasteiger partial charge in [0.05, 0.1) is 16.6 Å². The summed E-state index contributed by atoms with van der Waals surface area (Å²) in [7, 11) is 0. The van der Waals surface area contributed by atoms with Gasteiger partial charge in [0.2, 0.25) is 5.89 Å². The van der Waals surface area contributed by atoms with Crippen molar-refractivity contribution >= 4 is 17.5 Å². The third kappa shape index (κ3) is 4.46. The van der Waals surface area contributed by atoms with Gasteiger partial charge in [0.15, 0.2) is 5.69 Å². The van der Waals surface area contributed by atoms with Crippen LogP contribution < -0.4 is 5.32 Å². The Hall–Kier alpha value is -2.94. The Balaban J connectivity index is 1.80. The molecule has 4 nitrogen and oxygen atoms in total. The van der Waals surface area contributed by atoms with Crippen LogP contribution in [0.3, 0.4) is 0 Å². The Morgan fingerprint density at radius 1 is 1.17 bits per heavy atom. The minimum Gasteiger partial charge on any atom is -0.444 e. The first kappa shape index (κ1) is 21.8. The third-order valence-electron chi connectivity index (χ3n) is 4.41. The van der Waals surface area contributed by atoms with Crippen molar-refractivity contribution < 1.29 is 31.2 Å². The van der Waals surface area contributed by atoms with Gasteiger partial charge in [-0.05, 0) is 49.7 Å². The molecule has 1 aromatic heterocycles. The van der Waals surface area contributed by atoms with E-state index in [1.165, 1.54) is 19.9 Å². The molecule has 0 radical (unpaired) electrons. The first-order valence-corrected chi connectivity index (χ1v) is 8.94. The summed E-state index contributed by atoms with van der Waals surface area (Å²) >= 11 is 5.58. The maximum Gasteiger partial charge on any atom is 0.417 e. The Bertz CT molecular complexity index is 1090. The molecule has 158 valence electrons. The zero-order chi connectivity index (χ0) is 22.2. The maximum absolute atomic E-state index is 13.7. The lowest BCUT2D eigenvalue weighted by atomic mass is 10.1. The predicted molar refractivity (Wildman–Crippen MR) is 98.9 cm³/mol. The van der Waals surface area contributed by atoms with Gasteiger partial charge in [-0.1, -0.05) is 11.6 Å². The van der Waals surface area contributed by atoms with Gasteiger partial charge in [0.25, 0.3) is 5.91 Å². The monoisotopic (exact) mass is 444 g/mol. The number of alkyl halides is 3. The van der Waals surface area contributed by atoms with E-state index in [1.807, 2.05) is 0 Å². The molecule has 1 heterocycles. The van der Waals surface area contributed by atoms with Crippen LogP contribution in [0, 0.1) is 18.6 Å². The van der Waals surface area contributed by atoms with Crippen molar-refractivity contribution in [1.82, 2.24) is 10.3 Å². The van der Waals surface area contributed by atoms with E-state index in [0.29, 0.717) is 0 Å². The number of nitrogens with zero attached hydrogens (tertiary/aromatic N) is 1. The van der Waals surface area contributed by atoms with Gasteiger partial charge in [-0.3, -0.25) is 4.79 Å². The molecule has 0 aliphatic heterocycles. The summed E-state index contributed by atoms with van der Waals surface area (Å²) in [5, 5.41) is 2.02. The molecule has 0 spiro atoms. The quantitative estimate of drug-likeness (QED) is 0.495. The van der Waals surface area contributed by atoms with Crippen LogP contribution in [-0.4, -0.2) is 10.9 Å². The van der Waals surface area contributed by atoms with Gasteiger partial charge in [-0.15, -0.1) is 0 Å². The minimum atomic E-state index is -4.67. The summed E-state index contributed by atoms with van der Waals surface area (Å²) in [6.45, 7) is 2.80. The third-order valence-corrected chi connectivity index (χ3v) is 4.74. The number of amides is 1. The van der Waals surface area contributed by atoms with Crippen molar-refractivity contribution in [2.75, 3.05) is 0 Å². The molecule has 1 atom stereocenters. The molecule has 0 saturated heterocycles. The average molecular weight is 445 g/mol. The lowest BCUT2D eigenvalue weighted by molar-refractivity contribution is -0.137. The van der Waals surface area contributed by atoms with Crippen molar-refractivity contribution in [1.29, 1.82) is 0 Å². The van der Waals surface area contributed by atoms with E-state index < -0.39 is 40.3 Å². The van der Waals surface area contributed by atoms with Gasteiger partial charge in [0.1, 0.15) is 17.9 Å². The molecule has 0 unspecified atom stereocenters. The Morgan fingerprint density at radius 3 is 2.40 bits per heavy atom. The number of hydrogen-bond donors (Lipinski definition) is 1. The van der Waals surface area contributed by atoms with E-state index in [-0.39, 0.29) is 28.3 Å². The van der Waals surface area contributed by atoms with E-state index in [2.05, 4.69) is 10.3 Å². The number of nitrogens with one attached hydrogen (secondary N) is 1. The molecule has 30 heavy (non-hydrogen) atoms. The molecule has 0 fully saturated rings. The van der Waals surface area contributed by atoms with Gasteiger partial charge in [-0.2, -0.15) is 13.2 Å². The van der Waals surface area contributed by atoms with Crippen molar-refractivity contribution in [2.45, 2.75) is 26.1 Å². The van der Waals surface area contributed by atoms with E-state index >= 15 is 0 Å². The molecule has 1 N–H and O–H groups in total. The largest absolute Gasteiger partial charge is 0.444 e. The maximum atomic E-state index is 13.7. The van der Waals surface area contributed by atoms with E-state index in [9.17, 15) is 26.7 Å². The molecule has 1 amide bonds. The summed E-state index contributed by atoms with van der Waals surface area (Å²) in [4.78, 5) is 16.3. The van der Waals surface area contributed by atoms with Crippen LogP contribution >= 0.6 is 11.6 Å². The Morgan fingerprint density at radius 2 is 1.80 bits per heavy atom. The normalized spacial score (nSPS) is 12.7. The van der Waals surface area contributed by atoms with Crippen molar-refractivity contribution in [3.63, 3.8) is 0 Å². The van der Waals surface area contributed by atoms with Crippen LogP contribution in [0.15, 0.2) is 41.0 Å². The SMILES string of the molecule is Cc1c(F)cc([C@@H](C)NC(=O)c2coc(-c3ccc(Cl)c(C(F)(F)F)c3)n2)cc1F. The molecule has 3 rings (SSSR count). The number of carbonyl (C=O) groups excluding carboxylic acids is 1. The van der Waals surface area contributed by atoms with Crippen LogP contribution in [0.1, 0.15) is 40.1 Å². The molecule has 0 bridgehead atoms. The highest BCUT2D eigenvalue weighted by atomic mass is 35.5. The van der Waals surface area contributed by atoms with Crippen molar-refractivity contribution in [3.8, 4) is 11.5 Å². The molecular weight excluding hydrogens is 431 g/mol. The fourth-order valence-corrected chi connectivity index (χ4v) is 2.88. The second kappa shape index (κ2) is 8.06.